The maximum atomic E-state index is 11.0. The molecule has 0 saturated carbocycles. The molecule has 1 aromatic carbocycles. The summed E-state index contributed by atoms with van der Waals surface area (Å²) in [6, 6.07) is 10.8. The number of anilines is 1. The molecule has 0 spiro atoms. The van der Waals surface area contributed by atoms with E-state index in [-0.39, 0.29) is 34.6 Å². The van der Waals surface area contributed by atoms with Gasteiger partial charge in [-0.1, -0.05) is 18.2 Å². The first-order valence-corrected chi connectivity index (χ1v) is 9.10. The summed E-state index contributed by atoms with van der Waals surface area (Å²) >= 11 is 1.74. The average molecular weight is 489 g/mol. The molecule has 0 bridgehead atoms. The van der Waals surface area contributed by atoms with Gasteiger partial charge < -0.3 is 16.0 Å². The number of hydrogen-bond acceptors (Lipinski definition) is 5. The Bertz CT molecular complexity index is 694. The number of benzene rings is 1. The van der Waals surface area contributed by atoms with Crippen LogP contribution in [-0.2, 0) is 6.42 Å². The third-order valence-electron chi connectivity index (χ3n) is 3.39. The fraction of sp³-hybridized carbons (Fsp3) is 0.353. The number of hydrogen-bond donors (Lipinski definition) is 3. The van der Waals surface area contributed by atoms with E-state index in [9.17, 15) is 10.1 Å². The lowest BCUT2D eigenvalue weighted by atomic mass is 10.2. The van der Waals surface area contributed by atoms with Gasteiger partial charge in [0, 0.05) is 43.5 Å². The molecule has 7 nitrogen and oxygen atoms in total. The van der Waals surface area contributed by atoms with Crippen molar-refractivity contribution in [2.45, 2.75) is 13.3 Å². The van der Waals surface area contributed by atoms with E-state index >= 15 is 0 Å². The first kappa shape index (κ1) is 22.2. The van der Waals surface area contributed by atoms with Crippen molar-refractivity contribution in [1.82, 2.24) is 10.6 Å². The first-order chi connectivity index (χ1) is 12.2. The summed E-state index contributed by atoms with van der Waals surface area (Å²) < 4.78 is 0. The van der Waals surface area contributed by atoms with E-state index in [4.69, 9.17) is 0 Å². The predicted octanol–water partition coefficient (Wildman–Crippen LogP) is 3.48. The summed E-state index contributed by atoms with van der Waals surface area (Å²) in [6.07, 6.45) is 0.919. The lowest BCUT2D eigenvalue weighted by molar-refractivity contribution is -0.384. The summed E-state index contributed by atoms with van der Waals surface area (Å²) in [7, 11) is 0. The van der Waals surface area contributed by atoms with E-state index in [1.54, 1.807) is 29.5 Å². The largest absolute Gasteiger partial charge is 0.378 e. The van der Waals surface area contributed by atoms with Crippen molar-refractivity contribution in [3.05, 3.63) is 56.8 Å². The molecule has 2 aromatic rings. The maximum absolute atomic E-state index is 11.0. The normalized spacial score (nSPS) is 10.7. The Morgan fingerprint density at radius 1 is 1.19 bits per heavy atom. The van der Waals surface area contributed by atoms with E-state index in [1.165, 1.54) is 10.9 Å². The average Bonchev–Trinajstić information content (AvgIpc) is 3.12. The van der Waals surface area contributed by atoms with Crippen LogP contribution >= 0.6 is 35.3 Å². The molecule has 0 fully saturated rings. The number of nitro groups is 1. The number of nitro benzene ring substituents is 1. The summed E-state index contributed by atoms with van der Waals surface area (Å²) in [6.45, 7) is 4.68. The van der Waals surface area contributed by atoms with E-state index in [0.717, 1.165) is 18.9 Å². The number of halogens is 1. The summed E-state index contributed by atoms with van der Waals surface area (Å²) in [5.41, 5.74) is 0.605. The summed E-state index contributed by atoms with van der Waals surface area (Å²) in [4.78, 5) is 16.5. The van der Waals surface area contributed by atoms with Crippen molar-refractivity contribution in [1.29, 1.82) is 0 Å². The van der Waals surface area contributed by atoms with Crippen molar-refractivity contribution in [3.8, 4) is 0 Å². The second kappa shape index (κ2) is 12.5. The highest BCUT2D eigenvalue weighted by atomic mass is 127. The smallest absolute Gasteiger partial charge is 0.292 e. The number of para-hydroxylation sites is 2. The Morgan fingerprint density at radius 2 is 2.00 bits per heavy atom. The van der Waals surface area contributed by atoms with Crippen LogP contribution in [-0.4, -0.2) is 37.1 Å². The number of nitrogens with zero attached hydrogens (tertiary/aromatic N) is 2. The number of nitrogens with one attached hydrogen (secondary N) is 3. The lowest BCUT2D eigenvalue weighted by Gasteiger charge is -2.12. The molecule has 0 atom stereocenters. The van der Waals surface area contributed by atoms with Crippen LogP contribution in [0.15, 0.2) is 46.8 Å². The number of aliphatic imine (C=N–C) groups is 1. The molecular weight excluding hydrogens is 465 g/mol. The molecule has 0 unspecified atom stereocenters. The third kappa shape index (κ3) is 7.56. The van der Waals surface area contributed by atoms with Crippen molar-refractivity contribution >= 4 is 52.6 Å². The second-order valence-corrected chi connectivity index (χ2v) is 6.25. The van der Waals surface area contributed by atoms with Crippen molar-refractivity contribution in [2.75, 3.05) is 31.5 Å². The Balaban J connectivity index is 0.00000338. The Hall–Kier alpha value is -1.88. The third-order valence-corrected chi connectivity index (χ3v) is 4.32. The van der Waals surface area contributed by atoms with Crippen LogP contribution in [0, 0.1) is 10.1 Å². The molecule has 1 heterocycles. The number of guanidine groups is 1. The van der Waals surface area contributed by atoms with Gasteiger partial charge in [0.15, 0.2) is 5.96 Å². The Labute approximate surface area is 174 Å². The molecule has 3 N–H and O–H groups in total. The molecule has 9 heteroatoms. The van der Waals surface area contributed by atoms with Crippen molar-refractivity contribution in [2.24, 2.45) is 4.99 Å². The molecule has 0 amide bonds. The molecule has 26 heavy (non-hydrogen) atoms. The van der Waals surface area contributed by atoms with Crippen LogP contribution in [0.4, 0.5) is 11.4 Å². The zero-order valence-electron chi connectivity index (χ0n) is 14.6. The van der Waals surface area contributed by atoms with Crippen LogP contribution in [0.2, 0.25) is 0 Å². The highest BCUT2D eigenvalue weighted by Gasteiger charge is 2.11. The number of rotatable bonds is 9. The molecule has 142 valence electrons. The standard InChI is InChI=1S/C17H23N5O2S.HI/c1-2-18-17(20-10-9-14-6-5-13-25-14)21-12-11-19-15-7-3-4-8-16(15)22(23)24;/h3-8,13,19H,2,9-12H2,1H3,(H2,18,20,21);1H. The van der Waals surface area contributed by atoms with Gasteiger partial charge in [0.2, 0.25) is 0 Å². The molecule has 0 aliphatic carbocycles. The molecule has 0 aliphatic heterocycles. The zero-order valence-corrected chi connectivity index (χ0v) is 17.8. The lowest BCUT2D eigenvalue weighted by Crippen LogP contribution is -2.39. The minimum absolute atomic E-state index is 0. The topological polar surface area (TPSA) is 91.6 Å². The molecule has 1 aromatic heterocycles. The van der Waals surface area contributed by atoms with Gasteiger partial charge in [-0.05, 0) is 24.4 Å². The van der Waals surface area contributed by atoms with Crippen LogP contribution < -0.4 is 16.0 Å². The number of thiophene rings is 1. The van der Waals surface area contributed by atoms with E-state index < -0.39 is 0 Å². The Morgan fingerprint density at radius 3 is 2.69 bits per heavy atom. The molecular formula is C17H24IN5O2S. The van der Waals surface area contributed by atoms with Gasteiger partial charge in [-0.3, -0.25) is 15.1 Å². The van der Waals surface area contributed by atoms with Crippen LogP contribution in [0.5, 0.6) is 0 Å². The minimum atomic E-state index is -0.383. The molecule has 0 saturated heterocycles. The minimum Gasteiger partial charge on any atom is -0.378 e. The highest BCUT2D eigenvalue weighted by molar-refractivity contribution is 14.0. The van der Waals surface area contributed by atoms with Gasteiger partial charge in [0.1, 0.15) is 5.69 Å². The summed E-state index contributed by atoms with van der Waals surface area (Å²) in [5.74, 6) is 0.753. The van der Waals surface area contributed by atoms with Crippen LogP contribution in [0.25, 0.3) is 0 Å². The van der Waals surface area contributed by atoms with E-state index in [0.29, 0.717) is 25.3 Å². The van der Waals surface area contributed by atoms with Crippen LogP contribution in [0.1, 0.15) is 11.8 Å². The fourth-order valence-electron chi connectivity index (χ4n) is 2.23. The van der Waals surface area contributed by atoms with Gasteiger partial charge in [0.25, 0.3) is 5.69 Å². The van der Waals surface area contributed by atoms with E-state index in [2.05, 4.69) is 32.4 Å². The first-order valence-electron chi connectivity index (χ1n) is 8.22. The van der Waals surface area contributed by atoms with Crippen LogP contribution in [0.3, 0.4) is 0 Å². The van der Waals surface area contributed by atoms with Crippen molar-refractivity contribution in [3.63, 3.8) is 0 Å². The predicted molar refractivity (Wildman–Crippen MR) is 119 cm³/mol. The van der Waals surface area contributed by atoms with Gasteiger partial charge >= 0.3 is 0 Å². The van der Waals surface area contributed by atoms with E-state index in [1.807, 2.05) is 13.0 Å². The summed E-state index contributed by atoms with van der Waals surface area (Å²) in [5, 5.41) is 22.6. The van der Waals surface area contributed by atoms with Gasteiger partial charge in [-0.15, -0.1) is 35.3 Å². The van der Waals surface area contributed by atoms with Gasteiger partial charge in [-0.2, -0.15) is 0 Å². The zero-order chi connectivity index (χ0) is 17.9. The highest BCUT2D eigenvalue weighted by Crippen LogP contribution is 2.22. The Kier molecular flexibility index (Phi) is 10.6. The van der Waals surface area contributed by atoms with Gasteiger partial charge in [-0.25, -0.2) is 0 Å². The molecule has 0 radical (unpaired) electrons. The molecule has 2 rings (SSSR count). The fourth-order valence-corrected chi connectivity index (χ4v) is 2.93. The van der Waals surface area contributed by atoms with Crippen molar-refractivity contribution < 1.29 is 4.92 Å². The maximum Gasteiger partial charge on any atom is 0.292 e. The molecule has 0 aliphatic rings. The second-order valence-electron chi connectivity index (χ2n) is 5.22. The monoisotopic (exact) mass is 489 g/mol. The SMILES string of the molecule is CCNC(=NCCc1cccs1)NCCNc1ccccc1[N+](=O)[O-].I. The quantitative estimate of drug-likeness (QED) is 0.125. The van der Waals surface area contributed by atoms with Gasteiger partial charge in [0.05, 0.1) is 4.92 Å².